The fraction of sp³-hybridized carbons (Fsp3) is 0.375. The highest BCUT2D eigenvalue weighted by molar-refractivity contribution is 7.89. The first-order chi connectivity index (χ1) is 16.3. The molecule has 8 nitrogen and oxygen atoms in total. The second kappa shape index (κ2) is 9.09. The number of aromatic nitrogens is 3. The molecular formula is C24H27N5O3S2. The molecule has 0 spiro atoms. The van der Waals surface area contributed by atoms with Crippen LogP contribution < -0.4 is 5.14 Å². The van der Waals surface area contributed by atoms with Crippen LogP contribution in [0, 0.1) is 0 Å². The highest BCUT2D eigenvalue weighted by atomic mass is 32.2. The molecule has 1 unspecified atom stereocenters. The van der Waals surface area contributed by atoms with Crippen LogP contribution in [0.2, 0.25) is 0 Å². The van der Waals surface area contributed by atoms with Crippen molar-refractivity contribution in [1.29, 1.82) is 0 Å². The summed E-state index contributed by atoms with van der Waals surface area (Å²) in [6.07, 6.45) is 2.87. The van der Waals surface area contributed by atoms with E-state index >= 15 is 0 Å². The summed E-state index contributed by atoms with van der Waals surface area (Å²) in [6, 6.07) is 12.9. The number of piperidine rings is 1. The minimum absolute atomic E-state index is 0.0394. The number of primary sulfonamides is 1. The van der Waals surface area contributed by atoms with Crippen molar-refractivity contribution in [2.75, 3.05) is 13.1 Å². The Labute approximate surface area is 202 Å². The summed E-state index contributed by atoms with van der Waals surface area (Å²) in [5.74, 6) is 1.16. The number of amides is 1. The Bertz CT molecular complexity index is 1440. The SMILES string of the molecule is CCn1c(CCC(=O)N2CCCC(c3nc4ccccc4s3)C2)nc2cc(S(N)(=O)=O)ccc21. The summed E-state index contributed by atoms with van der Waals surface area (Å²) >= 11 is 1.72. The van der Waals surface area contributed by atoms with Gasteiger partial charge in [0.05, 0.1) is 31.2 Å². The maximum absolute atomic E-state index is 13.1. The number of fused-ring (bicyclic) bond motifs is 2. The molecule has 5 rings (SSSR count). The first-order valence-electron chi connectivity index (χ1n) is 11.5. The number of nitrogens with zero attached hydrogens (tertiary/aromatic N) is 4. The summed E-state index contributed by atoms with van der Waals surface area (Å²) < 4.78 is 26.6. The molecule has 10 heteroatoms. The third-order valence-corrected chi connectivity index (χ3v) is 8.55. The van der Waals surface area contributed by atoms with Gasteiger partial charge in [-0.15, -0.1) is 11.3 Å². The summed E-state index contributed by atoms with van der Waals surface area (Å²) in [6.45, 7) is 4.15. The molecule has 2 aromatic carbocycles. The number of carbonyl (C=O) groups excluding carboxylic acids is 1. The van der Waals surface area contributed by atoms with Gasteiger partial charge in [0.1, 0.15) is 5.82 Å². The normalized spacial score (nSPS) is 17.0. The number of para-hydroxylation sites is 1. The molecule has 1 fully saturated rings. The molecule has 0 bridgehead atoms. The molecule has 2 aromatic heterocycles. The van der Waals surface area contributed by atoms with Crippen molar-refractivity contribution in [3.8, 4) is 0 Å². The summed E-state index contributed by atoms with van der Waals surface area (Å²) in [5.41, 5.74) is 2.44. The van der Waals surface area contributed by atoms with Crippen molar-refractivity contribution in [2.24, 2.45) is 5.14 Å². The molecule has 1 amide bonds. The van der Waals surface area contributed by atoms with Gasteiger partial charge in [0.2, 0.25) is 15.9 Å². The first-order valence-corrected chi connectivity index (χ1v) is 13.8. The second-order valence-electron chi connectivity index (χ2n) is 8.67. The molecule has 34 heavy (non-hydrogen) atoms. The number of hydrogen-bond donors (Lipinski definition) is 1. The topological polar surface area (TPSA) is 111 Å². The maximum atomic E-state index is 13.1. The van der Waals surface area contributed by atoms with Crippen LogP contribution in [-0.4, -0.2) is 46.8 Å². The van der Waals surface area contributed by atoms with E-state index in [0.29, 0.717) is 31.4 Å². The van der Waals surface area contributed by atoms with Gasteiger partial charge in [0.25, 0.3) is 0 Å². The number of nitrogens with two attached hydrogens (primary N) is 1. The monoisotopic (exact) mass is 497 g/mol. The van der Waals surface area contributed by atoms with Crippen LogP contribution in [0.5, 0.6) is 0 Å². The van der Waals surface area contributed by atoms with Gasteiger partial charge in [-0.05, 0) is 50.1 Å². The zero-order valence-corrected chi connectivity index (χ0v) is 20.6. The number of rotatable bonds is 6. The Balaban J connectivity index is 1.29. The van der Waals surface area contributed by atoms with E-state index in [4.69, 9.17) is 10.1 Å². The fourth-order valence-electron chi connectivity index (χ4n) is 4.73. The Hall–Kier alpha value is -2.82. The van der Waals surface area contributed by atoms with E-state index in [2.05, 4.69) is 11.1 Å². The molecule has 3 heterocycles. The van der Waals surface area contributed by atoms with Crippen LogP contribution in [-0.2, 0) is 27.8 Å². The number of thiazole rings is 1. The molecule has 1 saturated heterocycles. The number of carbonyl (C=O) groups is 1. The molecule has 1 atom stereocenters. The average Bonchev–Trinajstić information content (AvgIpc) is 3.42. The molecule has 1 aliphatic rings. The lowest BCUT2D eigenvalue weighted by atomic mass is 9.98. The van der Waals surface area contributed by atoms with Crippen molar-refractivity contribution in [1.82, 2.24) is 19.4 Å². The number of aryl methyl sites for hydroxylation is 2. The van der Waals surface area contributed by atoms with Crippen molar-refractivity contribution in [3.63, 3.8) is 0 Å². The molecule has 1 aliphatic heterocycles. The lowest BCUT2D eigenvalue weighted by Crippen LogP contribution is -2.39. The third kappa shape index (κ3) is 4.45. The van der Waals surface area contributed by atoms with E-state index in [-0.39, 0.29) is 16.7 Å². The largest absolute Gasteiger partial charge is 0.342 e. The lowest BCUT2D eigenvalue weighted by Gasteiger charge is -2.32. The van der Waals surface area contributed by atoms with E-state index in [9.17, 15) is 13.2 Å². The molecular weight excluding hydrogens is 470 g/mol. The molecule has 178 valence electrons. The first kappa shape index (κ1) is 22.9. The van der Waals surface area contributed by atoms with Crippen molar-refractivity contribution in [2.45, 2.75) is 50.0 Å². The van der Waals surface area contributed by atoms with E-state index in [1.165, 1.54) is 16.8 Å². The predicted octanol–water partition coefficient (Wildman–Crippen LogP) is 3.65. The molecule has 4 aromatic rings. The highest BCUT2D eigenvalue weighted by Crippen LogP contribution is 2.33. The molecule has 0 aliphatic carbocycles. The zero-order valence-electron chi connectivity index (χ0n) is 19.0. The van der Waals surface area contributed by atoms with Gasteiger partial charge in [-0.3, -0.25) is 4.79 Å². The van der Waals surface area contributed by atoms with Crippen molar-refractivity contribution < 1.29 is 13.2 Å². The van der Waals surface area contributed by atoms with Crippen LogP contribution in [0.4, 0.5) is 0 Å². The molecule has 0 radical (unpaired) electrons. The van der Waals surface area contributed by atoms with Crippen LogP contribution in [0.15, 0.2) is 47.4 Å². The van der Waals surface area contributed by atoms with Gasteiger partial charge in [-0.25, -0.2) is 23.5 Å². The number of hydrogen-bond acceptors (Lipinski definition) is 6. The lowest BCUT2D eigenvalue weighted by molar-refractivity contribution is -0.132. The zero-order chi connectivity index (χ0) is 23.9. The Morgan fingerprint density at radius 3 is 2.76 bits per heavy atom. The standard InChI is InChI=1S/C24H27N5O3S2/c1-2-29-20-10-9-17(34(25,31)32)14-19(20)26-22(29)11-12-23(30)28-13-5-6-16(15-28)24-27-18-7-3-4-8-21(18)33-24/h3-4,7-10,14,16H,2,5-6,11-13,15H2,1H3,(H2,25,31,32). The Kier molecular flexibility index (Phi) is 6.13. The van der Waals surface area contributed by atoms with Gasteiger partial charge in [0, 0.05) is 38.4 Å². The summed E-state index contributed by atoms with van der Waals surface area (Å²) in [7, 11) is -3.80. The van der Waals surface area contributed by atoms with Gasteiger partial charge in [0.15, 0.2) is 0 Å². The van der Waals surface area contributed by atoms with Crippen LogP contribution in [0.1, 0.15) is 42.9 Å². The van der Waals surface area contributed by atoms with Gasteiger partial charge in [-0.2, -0.15) is 0 Å². The number of imidazole rings is 1. The predicted molar refractivity (Wildman–Crippen MR) is 133 cm³/mol. The second-order valence-corrected chi connectivity index (χ2v) is 11.3. The quantitative estimate of drug-likeness (QED) is 0.437. The van der Waals surface area contributed by atoms with E-state index < -0.39 is 10.0 Å². The Morgan fingerprint density at radius 2 is 2.00 bits per heavy atom. The van der Waals surface area contributed by atoms with Crippen molar-refractivity contribution >= 4 is 48.5 Å². The van der Waals surface area contributed by atoms with Gasteiger partial charge < -0.3 is 9.47 Å². The summed E-state index contributed by atoms with van der Waals surface area (Å²) in [5, 5.41) is 6.37. The van der Waals surface area contributed by atoms with E-state index in [1.807, 2.05) is 34.6 Å². The number of likely N-dealkylation sites (tertiary alicyclic amines) is 1. The van der Waals surface area contributed by atoms with E-state index in [0.717, 1.165) is 41.3 Å². The minimum atomic E-state index is -3.80. The average molecular weight is 498 g/mol. The van der Waals surface area contributed by atoms with Crippen LogP contribution in [0.25, 0.3) is 21.3 Å². The fourth-order valence-corrected chi connectivity index (χ4v) is 6.35. The van der Waals surface area contributed by atoms with Crippen LogP contribution in [0.3, 0.4) is 0 Å². The summed E-state index contributed by atoms with van der Waals surface area (Å²) in [4.78, 5) is 24.5. The molecule has 2 N–H and O–H groups in total. The maximum Gasteiger partial charge on any atom is 0.238 e. The van der Waals surface area contributed by atoms with Crippen LogP contribution >= 0.6 is 11.3 Å². The Morgan fingerprint density at radius 1 is 1.18 bits per heavy atom. The van der Waals surface area contributed by atoms with Gasteiger partial charge >= 0.3 is 0 Å². The third-order valence-electron chi connectivity index (χ3n) is 6.44. The highest BCUT2D eigenvalue weighted by Gasteiger charge is 2.27. The smallest absolute Gasteiger partial charge is 0.238 e. The number of benzene rings is 2. The number of sulfonamides is 1. The van der Waals surface area contributed by atoms with E-state index in [1.54, 1.807) is 17.4 Å². The molecule has 0 saturated carbocycles. The minimum Gasteiger partial charge on any atom is -0.342 e. The van der Waals surface area contributed by atoms with Gasteiger partial charge in [-0.1, -0.05) is 12.1 Å². The van der Waals surface area contributed by atoms with Crippen molar-refractivity contribution in [3.05, 3.63) is 53.3 Å².